The van der Waals surface area contributed by atoms with Gasteiger partial charge >= 0.3 is 0 Å². The first kappa shape index (κ1) is 13.5. The van der Waals surface area contributed by atoms with E-state index in [2.05, 4.69) is 22.1 Å². The Labute approximate surface area is 139 Å². The first-order chi connectivity index (χ1) is 11.9. The van der Waals surface area contributed by atoms with E-state index < -0.39 is 0 Å². The molecule has 0 saturated carbocycles. The zero-order valence-electron chi connectivity index (χ0n) is 13.2. The van der Waals surface area contributed by atoms with Crippen LogP contribution in [0.25, 0.3) is 35.1 Å². The van der Waals surface area contributed by atoms with Gasteiger partial charge in [0, 0.05) is 11.1 Å². The topological polar surface area (TPSA) is 52.1 Å². The quantitative estimate of drug-likeness (QED) is 0.673. The molecule has 0 bridgehead atoms. The highest BCUT2D eigenvalue weighted by molar-refractivity contribution is 5.66. The van der Waals surface area contributed by atoms with Crippen LogP contribution in [0.3, 0.4) is 0 Å². The Bertz CT molecular complexity index is 900. The van der Waals surface area contributed by atoms with E-state index in [0.29, 0.717) is 11.8 Å². The SMILES string of the molecule is C1=Cc2oc(-c3cccc(-c4nc5c(o4)C=CCC5)c3)nc2CC1. The molecule has 2 heterocycles. The van der Waals surface area contributed by atoms with Crippen LogP contribution in [0.1, 0.15) is 35.7 Å². The van der Waals surface area contributed by atoms with Crippen LogP contribution in [-0.2, 0) is 12.8 Å². The molecule has 24 heavy (non-hydrogen) atoms. The number of aromatic nitrogens is 2. The van der Waals surface area contributed by atoms with Gasteiger partial charge in [-0.3, -0.25) is 0 Å². The second-order valence-corrected chi connectivity index (χ2v) is 6.12. The summed E-state index contributed by atoms with van der Waals surface area (Å²) in [4.78, 5) is 9.28. The first-order valence-electron chi connectivity index (χ1n) is 8.30. The van der Waals surface area contributed by atoms with E-state index in [9.17, 15) is 0 Å². The molecule has 4 nitrogen and oxygen atoms in total. The highest BCUT2D eigenvalue weighted by Crippen LogP contribution is 2.31. The number of oxazole rings is 2. The van der Waals surface area contributed by atoms with Gasteiger partial charge in [-0.05, 0) is 56.0 Å². The molecule has 0 radical (unpaired) electrons. The Morgan fingerprint density at radius 2 is 1.29 bits per heavy atom. The molecule has 5 rings (SSSR count). The second kappa shape index (κ2) is 5.34. The largest absolute Gasteiger partial charge is 0.436 e. The molecule has 0 N–H and O–H groups in total. The molecule has 4 heteroatoms. The lowest BCUT2D eigenvalue weighted by molar-refractivity contribution is 0.558. The fraction of sp³-hybridized carbons (Fsp3) is 0.200. The lowest BCUT2D eigenvalue weighted by atomic mass is 10.1. The zero-order chi connectivity index (χ0) is 15.9. The lowest BCUT2D eigenvalue weighted by Crippen LogP contribution is -1.91. The molecule has 2 aliphatic carbocycles. The van der Waals surface area contributed by atoms with Gasteiger partial charge in [0.25, 0.3) is 0 Å². The summed E-state index contributed by atoms with van der Waals surface area (Å²) in [6.45, 7) is 0. The molecule has 2 aliphatic rings. The van der Waals surface area contributed by atoms with Crippen LogP contribution < -0.4 is 0 Å². The maximum Gasteiger partial charge on any atom is 0.226 e. The number of hydrogen-bond donors (Lipinski definition) is 0. The average Bonchev–Trinajstić information content (AvgIpc) is 3.26. The number of benzene rings is 1. The molecule has 0 saturated heterocycles. The molecule has 0 amide bonds. The number of hydrogen-bond acceptors (Lipinski definition) is 4. The normalized spacial score (nSPS) is 15.3. The van der Waals surface area contributed by atoms with Crippen LogP contribution in [-0.4, -0.2) is 9.97 Å². The Morgan fingerprint density at radius 3 is 1.79 bits per heavy atom. The fourth-order valence-electron chi connectivity index (χ4n) is 3.20. The molecule has 118 valence electrons. The van der Waals surface area contributed by atoms with Crippen molar-refractivity contribution in [3.8, 4) is 22.9 Å². The molecule has 1 aromatic carbocycles. The van der Waals surface area contributed by atoms with Gasteiger partial charge in [0.15, 0.2) is 11.5 Å². The van der Waals surface area contributed by atoms with Crippen molar-refractivity contribution < 1.29 is 8.83 Å². The fourth-order valence-corrected chi connectivity index (χ4v) is 3.20. The Kier molecular flexibility index (Phi) is 3.01. The predicted molar refractivity (Wildman–Crippen MR) is 92.1 cm³/mol. The number of allylic oxidation sites excluding steroid dienone is 2. The summed E-state index contributed by atoms with van der Waals surface area (Å²) in [5, 5.41) is 0. The van der Waals surface area contributed by atoms with Gasteiger partial charge in [0.1, 0.15) is 0 Å². The number of fused-ring (bicyclic) bond motifs is 2. The summed E-state index contributed by atoms with van der Waals surface area (Å²) in [5.74, 6) is 3.06. The minimum Gasteiger partial charge on any atom is -0.436 e. The van der Waals surface area contributed by atoms with Crippen molar-refractivity contribution in [3.05, 3.63) is 59.3 Å². The van der Waals surface area contributed by atoms with E-state index >= 15 is 0 Å². The first-order valence-corrected chi connectivity index (χ1v) is 8.30. The van der Waals surface area contributed by atoms with Gasteiger partial charge in [-0.2, -0.15) is 0 Å². The van der Waals surface area contributed by atoms with Crippen molar-refractivity contribution in [1.82, 2.24) is 9.97 Å². The maximum atomic E-state index is 5.90. The van der Waals surface area contributed by atoms with E-state index in [0.717, 1.165) is 59.7 Å². The summed E-state index contributed by atoms with van der Waals surface area (Å²) in [5.41, 5.74) is 3.97. The predicted octanol–water partition coefficient (Wildman–Crippen LogP) is 4.92. The molecular formula is C20H16N2O2. The van der Waals surface area contributed by atoms with Gasteiger partial charge in [-0.15, -0.1) is 0 Å². The van der Waals surface area contributed by atoms with Gasteiger partial charge in [0.2, 0.25) is 11.8 Å². The monoisotopic (exact) mass is 316 g/mol. The number of nitrogens with zero attached hydrogens (tertiary/aromatic N) is 2. The van der Waals surface area contributed by atoms with E-state index in [1.807, 2.05) is 36.4 Å². The zero-order valence-corrected chi connectivity index (χ0v) is 13.2. The average molecular weight is 316 g/mol. The Balaban J connectivity index is 1.54. The molecule has 0 aliphatic heterocycles. The number of aryl methyl sites for hydroxylation is 2. The van der Waals surface area contributed by atoms with Crippen LogP contribution in [0.4, 0.5) is 0 Å². The smallest absolute Gasteiger partial charge is 0.226 e. The maximum absolute atomic E-state index is 5.90. The molecule has 0 spiro atoms. The summed E-state index contributed by atoms with van der Waals surface area (Å²) >= 11 is 0. The number of rotatable bonds is 2. The van der Waals surface area contributed by atoms with Crippen LogP contribution in [0, 0.1) is 0 Å². The van der Waals surface area contributed by atoms with Gasteiger partial charge in [-0.1, -0.05) is 18.2 Å². The third-order valence-corrected chi connectivity index (χ3v) is 4.45. The van der Waals surface area contributed by atoms with Crippen LogP contribution in [0.5, 0.6) is 0 Å². The van der Waals surface area contributed by atoms with E-state index in [-0.39, 0.29) is 0 Å². The molecule has 3 aromatic rings. The molecule has 0 fully saturated rings. The van der Waals surface area contributed by atoms with E-state index in [1.54, 1.807) is 0 Å². The van der Waals surface area contributed by atoms with Crippen LogP contribution in [0.15, 0.2) is 45.3 Å². The second-order valence-electron chi connectivity index (χ2n) is 6.12. The summed E-state index contributed by atoms with van der Waals surface area (Å²) in [7, 11) is 0. The Hall–Kier alpha value is -2.88. The van der Waals surface area contributed by atoms with Gasteiger partial charge < -0.3 is 8.83 Å². The van der Waals surface area contributed by atoms with Crippen LogP contribution >= 0.6 is 0 Å². The van der Waals surface area contributed by atoms with Crippen molar-refractivity contribution in [3.63, 3.8) is 0 Å². The highest BCUT2D eigenvalue weighted by atomic mass is 16.4. The standard InChI is InChI=1S/C20H16N2O2/c1-3-10-17-15(8-1)21-19(23-17)13-6-5-7-14(12-13)20-22-16-9-2-4-11-18(16)24-20/h3-7,10-12H,1-2,8-9H2. The lowest BCUT2D eigenvalue weighted by Gasteiger charge is -1.99. The summed E-state index contributed by atoms with van der Waals surface area (Å²) in [6, 6.07) is 8.03. The third-order valence-electron chi connectivity index (χ3n) is 4.45. The molecule has 2 aromatic heterocycles. The molecule has 0 unspecified atom stereocenters. The summed E-state index contributed by atoms with van der Waals surface area (Å²) < 4.78 is 11.8. The van der Waals surface area contributed by atoms with Crippen molar-refractivity contribution in [1.29, 1.82) is 0 Å². The molecular weight excluding hydrogens is 300 g/mol. The minimum atomic E-state index is 0.657. The third kappa shape index (κ3) is 2.22. The van der Waals surface area contributed by atoms with E-state index in [4.69, 9.17) is 8.83 Å². The summed E-state index contributed by atoms with van der Waals surface area (Å²) in [6.07, 6.45) is 12.2. The minimum absolute atomic E-state index is 0.657. The highest BCUT2D eigenvalue weighted by Gasteiger charge is 2.17. The van der Waals surface area contributed by atoms with Crippen molar-refractivity contribution in [2.75, 3.05) is 0 Å². The van der Waals surface area contributed by atoms with Crippen LogP contribution in [0.2, 0.25) is 0 Å². The van der Waals surface area contributed by atoms with Gasteiger partial charge in [0.05, 0.1) is 11.4 Å². The van der Waals surface area contributed by atoms with E-state index in [1.165, 1.54) is 0 Å². The Morgan fingerprint density at radius 1 is 0.750 bits per heavy atom. The van der Waals surface area contributed by atoms with Crippen molar-refractivity contribution in [2.45, 2.75) is 25.7 Å². The van der Waals surface area contributed by atoms with Crippen molar-refractivity contribution in [2.24, 2.45) is 0 Å². The van der Waals surface area contributed by atoms with Crippen molar-refractivity contribution >= 4 is 12.2 Å². The van der Waals surface area contributed by atoms with Gasteiger partial charge in [-0.25, -0.2) is 9.97 Å². The molecule has 0 atom stereocenters.